The van der Waals surface area contributed by atoms with Gasteiger partial charge < -0.3 is 11.1 Å². The first kappa shape index (κ1) is 16.0. The molecular formula is C14H18F3N3S. The van der Waals surface area contributed by atoms with Crippen LogP contribution in [0, 0.1) is 5.41 Å². The molecule has 0 saturated heterocycles. The van der Waals surface area contributed by atoms with E-state index in [2.05, 4.69) is 17.2 Å². The second kappa shape index (κ2) is 5.79. The van der Waals surface area contributed by atoms with Crippen LogP contribution in [0.5, 0.6) is 0 Å². The number of hydrogen-bond acceptors (Lipinski definition) is 3. The van der Waals surface area contributed by atoms with Crippen molar-refractivity contribution in [2.75, 3.05) is 11.9 Å². The molecule has 1 fully saturated rings. The highest BCUT2D eigenvalue weighted by Crippen LogP contribution is 2.38. The van der Waals surface area contributed by atoms with Crippen molar-refractivity contribution < 1.29 is 13.2 Å². The van der Waals surface area contributed by atoms with Gasteiger partial charge in [0.2, 0.25) is 0 Å². The Morgan fingerprint density at radius 2 is 2.00 bits per heavy atom. The molecule has 0 spiro atoms. The number of rotatable bonds is 4. The largest absolute Gasteiger partial charge is 0.433 e. The minimum atomic E-state index is -4.48. The Labute approximate surface area is 127 Å². The quantitative estimate of drug-likeness (QED) is 0.831. The first-order valence-corrected chi connectivity index (χ1v) is 7.24. The zero-order chi connectivity index (χ0) is 15.7. The van der Waals surface area contributed by atoms with Crippen LogP contribution in [0.25, 0.3) is 0 Å². The van der Waals surface area contributed by atoms with Crippen molar-refractivity contribution in [1.82, 2.24) is 4.98 Å². The van der Waals surface area contributed by atoms with E-state index in [1.165, 1.54) is 6.07 Å². The van der Waals surface area contributed by atoms with Crippen molar-refractivity contribution in [3.05, 3.63) is 23.4 Å². The summed E-state index contributed by atoms with van der Waals surface area (Å²) in [5.74, 6) is 0.116. The van der Waals surface area contributed by atoms with Crippen molar-refractivity contribution in [3.63, 3.8) is 0 Å². The molecule has 1 aliphatic rings. The Balaban J connectivity index is 2.24. The maximum absolute atomic E-state index is 12.8. The lowest BCUT2D eigenvalue weighted by molar-refractivity contribution is -0.141. The number of nitrogens with one attached hydrogen (secondary N) is 1. The summed E-state index contributed by atoms with van der Waals surface area (Å²) >= 11 is 4.88. The summed E-state index contributed by atoms with van der Waals surface area (Å²) in [4.78, 5) is 3.69. The van der Waals surface area contributed by atoms with E-state index in [0.717, 1.165) is 31.7 Å². The zero-order valence-electron chi connectivity index (χ0n) is 11.8. The molecule has 1 aromatic heterocycles. The van der Waals surface area contributed by atoms with Gasteiger partial charge in [0.25, 0.3) is 0 Å². The number of alkyl halides is 3. The van der Waals surface area contributed by atoms with Crippen molar-refractivity contribution >= 4 is 23.0 Å². The average Bonchev–Trinajstić information content (AvgIpc) is 2.82. The molecule has 0 aliphatic heterocycles. The SMILES string of the molecule is CC1(CNc2nc(C(F)(F)F)ccc2C(N)=S)CCCC1. The molecule has 0 radical (unpaired) electrons. The van der Waals surface area contributed by atoms with E-state index in [4.69, 9.17) is 18.0 Å². The van der Waals surface area contributed by atoms with Crippen LogP contribution in [0.4, 0.5) is 19.0 Å². The van der Waals surface area contributed by atoms with Gasteiger partial charge in [0.05, 0.1) is 5.56 Å². The van der Waals surface area contributed by atoms with Gasteiger partial charge in [-0.05, 0) is 30.4 Å². The standard InChI is InChI=1S/C14H18F3N3S/c1-13(6-2-3-7-13)8-19-12-9(11(18)21)4-5-10(20-12)14(15,16)17/h4-5H,2-3,6-8H2,1H3,(H2,18,21)(H,19,20). The van der Waals surface area contributed by atoms with Gasteiger partial charge in [-0.25, -0.2) is 4.98 Å². The molecular weight excluding hydrogens is 299 g/mol. The lowest BCUT2D eigenvalue weighted by atomic mass is 9.89. The molecule has 1 aromatic rings. The normalized spacial score (nSPS) is 17.7. The highest BCUT2D eigenvalue weighted by atomic mass is 32.1. The summed E-state index contributed by atoms with van der Waals surface area (Å²) in [6.45, 7) is 2.69. The van der Waals surface area contributed by atoms with Gasteiger partial charge in [-0.15, -0.1) is 0 Å². The molecule has 1 saturated carbocycles. The average molecular weight is 317 g/mol. The number of pyridine rings is 1. The number of nitrogens with two attached hydrogens (primary N) is 1. The maximum Gasteiger partial charge on any atom is 0.433 e. The lowest BCUT2D eigenvalue weighted by Gasteiger charge is -2.25. The predicted octanol–water partition coefficient (Wildman–Crippen LogP) is 3.73. The van der Waals surface area contributed by atoms with Gasteiger partial charge in [0.1, 0.15) is 16.5 Å². The number of aromatic nitrogens is 1. The number of thiocarbonyl (C=S) groups is 1. The summed E-state index contributed by atoms with van der Waals surface area (Å²) in [5, 5.41) is 3.01. The fourth-order valence-corrected chi connectivity index (χ4v) is 2.82. The molecule has 21 heavy (non-hydrogen) atoms. The molecule has 0 bridgehead atoms. The number of anilines is 1. The third-order valence-corrected chi connectivity index (χ3v) is 4.16. The third kappa shape index (κ3) is 3.84. The molecule has 1 heterocycles. The molecule has 0 aromatic carbocycles. The van der Waals surface area contributed by atoms with Crippen molar-refractivity contribution in [2.45, 2.75) is 38.8 Å². The second-order valence-corrected chi connectivity index (χ2v) is 6.27. The minimum absolute atomic E-state index is 0.0373. The first-order chi connectivity index (χ1) is 9.71. The summed E-state index contributed by atoms with van der Waals surface area (Å²) in [7, 11) is 0. The molecule has 3 N–H and O–H groups in total. The molecule has 3 nitrogen and oxygen atoms in total. The van der Waals surface area contributed by atoms with Gasteiger partial charge in [-0.2, -0.15) is 13.2 Å². The van der Waals surface area contributed by atoms with Crippen LogP contribution in [0.2, 0.25) is 0 Å². The molecule has 0 amide bonds. The van der Waals surface area contributed by atoms with Crippen LogP contribution in [0.1, 0.15) is 43.9 Å². The van der Waals surface area contributed by atoms with E-state index in [1.807, 2.05) is 0 Å². The van der Waals surface area contributed by atoms with E-state index < -0.39 is 11.9 Å². The summed E-state index contributed by atoms with van der Waals surface area (Å²) in [6, 6.07) is 2.18. The Hall–Kier alpha value is -1.37. The molecule has 0 atom stereocenters. The molecule has 2 rings (SSSR count). The van der Waals surface area contributed by atoms with Crippen LogP contribution < -0.4 is 11.1 Å². The maximum atomic E-state index is 12.8. The van der Waals surface area contributed by atoms with Crippen LogP contribution in [-0.4, -0.2) is 16.5 Å². The van der Waals surface area contributed by atoms with E-state index in [9.17, 15) is 13.2 Å². The minimum Gasteiger partial charge on any atom is -0.389 e. The van der Waals surface area contributed by atoms with Gasteiger partial charge in [-0.1, -0.05) is 32.0 Å². The van der Waals surface area contributed by atoms with Gasteiger partial charge in [-0.3, -0.25) is 0 Å². The highest BCUT2D eigenvalue weighted by molar-refractivity contribution is 7.80. The highest BCUT2D eigenvalue weighted by Gasteiger charge is 2.34. The Morgan fingerprint density at radius 3 is 2.52 bits per heavy atom. The van der Waals surface area contributed by atoms with Crippen molar-refractivity contribution in [3.8, 4) is 0 Å². The Bertz CT molecular complexity index is 537. The summed E-state index contributed by atoms with van der Waals surface area (Å²) in [5.41, 5.74) is 5.05. The lowest BCUT2D eigenvalue weighted by Crippen LogP contribution is -2.25. The third-order valence-electron chi connectivity index (χ3n) is 3.94. The fraction of sp³-hybridized carbons (Fsp3) is 0.571. The van der Waals surface area contributed by atoms with E-state index in [1.54, 1.807) is 0 Å². The number of hydrogen-bond donors (Lipinski definition) is 2. The van der Waals surface area contributed by atoms with Crippen LogP contribution in [0.15, 0.2) is 12.1 Å². The fourth-order valence-electron chi connectivity index (χ4n) is 2.65. The first-order valence-electron chi connectivity index (χ1n) is 6.83. The smallest absolute Gasteiger partial charge is 0.389 e. The molecule has 7 heteroatoms. The Morgan fingerprint density at radius 1 is 1.38 bits per heavy atom. The number of nitrogens with zero attached hydrogens (tertiary/aromatic N) is 1. The monoisotopic (exact) mass is 317 g/mol. The predicted molar refractivity (Wildman–Crippen MR) is 80.2 cm³/mol. The topological polar surface area (TPSA) is 50.9 Å². The zero-order valence-corrected chi connectivity index (χ0v) is 12.6. The van der Waals surface area contributed by atoms with Crippen molar-refractivity contribution in [2.24, 2.45) is 11.1 Å². The molecule has 1 aliphatic carbocycles. The Kier molecular flexibility index (Phi) is 4.41. The van der Waals surface area contributed by atoms with E-state index in [0.29, 0.717) is 12.1 Å². The van der Waals surface area contributed by atoms with E-state index in [-0.39, 0.29) is 16.2 Å². The number of halogens is 3. The van der Waals surface area contributed by atoms with Crippen molar-refractivity contribution in [1.29, 1.82) is 0 Å². The van der Waals surface area contributed by atoms with Crippen LogP contribution >= 0.6 is 12.2 Å². The van der Waals surface area contributed by atoms with Crippen LogP contribution in [-0.2, 0) is 6.18 Å². The molecule has 116 valence electrons. The summed E-state index contributed by atoms with van der Waals surface area (Å²) in [6.07, 6.45) is -0.0715. The van der Waals surface area contributed by atoms with Crippen LogP contribution in [0.3, 0.4) is 0 Å². The second-order valence-electron chi connectivity index (χ2n) is 5.83. The van der Waals surface area contributed by atoms with Gasteiger partial charge in [0.15, 0.2) is 0 Å². The van der Waals surface area contributed by atoms with Gasteiger partial charge >= 0.3 is 6.18 Å². The molecule has 0 unspecified atom stereocenters. The van der Waals surface area contributed by atoms with E-state index >= 15 is 0 Å². The van der Waals surface area contributed by atoms with Gasteiger partial charge in [0, 0.05) is 6.54 Å². The summed E-state index contributed by atoms with van der Waals surface area (Å²) < 4.78 is 38.3.